The minimum atomic E-state index is -3.66. The third-order valence-electron chi connectivity index (χ3n) is 4.54. The Morgan fingerprint density at radius 2 is 1.85 bits per heavy atom. The van der Waals surface area contributed by atoms with Crippen molar-refractivity contribution in [3.63, 3.8) is 0 Å². The zero-order chi connectivity index (χ0) is 18.7. The van der Waals surface area contributed by atoms with Crippen LogP contribution in [0.4, 0.5) is 0 Å². The number of hydrogen-bond donors (Lipinski definition) is 0. The average molecular weight is 402 g/mol. The second-order valence-corrected chi connectivity index (χ2v) is 8.31. The minimum Gasteiger partial charge on any atom is -0.497 e. The van der Waals surface area contributed by atoms with Crippen molar-refractivity contribution in [2.24, 2.45) is 0 Å². The van der Waals surface area contributed by atoms with E-state index in [0.29, 0.717) is 56.1 Å². The summed E-state index contributed by atoms with van der Waals surface area (Å²) in [6.07, 6.45) is 0. The van der Waals surface area contributed by atoms with Crippen LogP contribution in [0, 0.1) is 0 Å². The Kier molecular flexibility index (Phi) is 5.86. The normalized spacial score (nSPS) is 19.5. The summed E-state index contributed by atoms with van der Waals surface area (Å²) in [7, 11) is -0.700. The first kappa shape index (κ1) is 19.2. The highest BCUT2D eigenvalue weighted by molar-refractivity contribution is 7.89. The predicted molar refractivity (Wildman–Crippen MR) is 100 cm³/mol. The molecule has 144 valence electrons. The standard InChI is InChI=1S/C16H23N3O5S2/c1-22-13-3-4-14(23-2)15(11-13)26(20,21)19-7-5-17(6-8-19)12-18-9-10-24-16(18)25/h3-4,11H,5-10,12H2,1-2H3. The lowest BCUT2D eigenvalue weighted by atomic mass is 10.3. The average Bonchev–Trinajstić information content (AvgIpc) is 3.06. The maximum Gasteiger partial charge on any atom is 0.260 e. The number of ether oxygens (including phenoxy) is 3. The molecule has 10 heteroatoms. The van der Waals surface area contributed by atoms with Crippen molar-refractivity contribution in [2.45, 2.75) is 4.90 Å². The fourth-order valence-corrected chi connectivity index (χ4v) is 4.86. The summed E-state index contributed by atoms with van der Waals surface area (Å²) in [5.74, 6) is 0.790. The molecule has 0 aromatic heterocycles. The summed E-state index contributed by atoms with van der Waals surface area (Å²) in [5, 5.41) is 0.515. The molecule has 26 heavy (non-hydrogen) atoms. The highest BCUT2D eigenvalue weighted by Gasteiger charge is 2.32. The molecule has 2 heterocycles. The minimum absolute atomic E-state index is 0.127. The van der Waals surface area contributed by atoms with E-state index in [9.17, 15) is 8.42 Å². The zero-order valence-corrected chi connectivity index (χ0v) is 16.5. The quantitative estimate of drug-likeness (QED) is 0.642. The van der Waals surface area contributed by atoms with Crippen molar-refractivity contribution in [2.75, 3.05) is 60.2 Å². The molecular formula is C16H23N3O5S2. The first-order valence-corrected chi connectivity index (χ1v) is 10.2. The molecule has 0 aliphatic carbocycles. The lowest BCUT2D eigenvalue weighted by Crippen LogP contribution is -2.51. The van der Waals surface area contributed by atoms with Gasteiger partial charge in [-0.05, 0) is 24.4 Å². The summed E-state index contributed by atoms with van der Waals surface area (Å²) < 4.78 is 43.3. The van der Waals surface area contributed by atoms with E-state index in [-0.39, 0.29) is 4.90 Å². The third kappa shape index (κ3) is 3.88. The highest BCUT2D eigenvalue weighted by atomic mass is 32.2. The summed E-state index contributed by atoms with van der Waals surface area (Å²) in [4.78, 5) is 4.29. The number of nitrogens with zero attached hydrogens (tertiary/aromatic N) is 3. The van der Waals surface area contributed by atoms with Crippen LogP contribution in [0.25, 0.3) is 0 Å². The Balaban J connectivity index is 1.69. The fourth-order valence-electron chi connectivity index (χ4n) is 3.03. The van der Waals surface area contributed by atoms with E-state index in [4.69, 9.17) is 26.4 Å². The Bertz CT molecular complexity index is 763. The van der Waals surface area contributed by atoms with Gasteiger partial charge in [0.05, 0.1) is 27.4 Å². The summed E-state index contributed by atoms with van der Waals surface area (Å²) in [5.41, 5.74) is 0. The van der Waals surface area contributed by atoms with E-state index in [1.165, 1.54) is 24.6 Å². The molecule has 0 bridgehead atoms. The van der Waals surface area contributed by atoms with Gasteiger partial charge in [0.15, 0.2) is 0 Å². The van der Waals surface area contributed by atoms with Gasteiger partial charge in [0.25, 0.3) is 5.17 Å². The van der Waals surface area contributed by atoms with Gasteiger partial charge in [-0.25, -0.2) is 8.42 Å². The molecule has 0 radical (unpaired) electrons. The van der Waals surface area contributed by atoms with Crippen molar-refractivity contribution >= 4 is 27.4 Å². The molecule has 1 aromatic carbocycles. The second kappa shape index (κ2) is 7.95. The van der Waals surface area contributed by atoms with Crippen molar-refractivity contribution in [1.29, 1.82) is 0 Å². The van der Waals surface area contributed by atoms with Gasteiger partial charge >= 0.3 is 0 Å². The highest BCUT2D eigenvalue weighted by Crippen LogP contribution is 2.31. The Labute approximate surface area is 159 Å². The van der Waals surface area contributed by atoms with Crippen molar-refractivity contribution in [3.05, 3.63) is 18.2 Å². The van der Waals surface area contributed by atoms with E-state index in [0.717, 1.165) is 6.54 Å². The van der Waals surface area contributed by atoms with Crippen LogP contribution in [0.2, 0.25) is 0 Å². The zero-order valence-electron chi connectivity index (χ0n) is 14.9. The second-order valence-electron chi connectivity index (χ2n) is 6.06. The number of methoxy groups -OCH3 is 2. The molecular weight excluding hydrogens is 378 g/mol. The van der Waals surface area contributed by atoms with Crippen LogP contribution in [0.1, 0.15) is 0 Å². The molecule has 2 aliphatic rings. The van der Waals surface area contributed by atoms with E-state index in [1.54, 1.807) is 12.1 Å². The molecule has 2 saturated heterocycles. The number of rotatable bonds is 6. The van der Waals surface area contributed by atoms with Crippen LogP contribution >= 0.6 is 12.2 Å². The number of hydrogen-bond acceptors (Lipinski definition) is 7. The topological polar surface area (TPSA) is 71.6 Å². The molecule has 0 unspecified atom stereocenters. The van der Waals surface area contributed by atoms with Gasteiger partial charge < -0.3 is 19.1 Å². The van der Waals surface area contributed by atoms with E-state index in [2.05, 4.69) is 4.90 Å². The Hall–Kier alpha value is -1.62. The number of thiocarbonyl (C=S) groups is 1. The van der Waals surface area contributed by atoms with Crippen LogP contribution in [0.15, 0.2) is 23.1 Å². The number of piperazine rings is 1. The molecule has 2 aliphatic heterocycles. The van der Waals surface area contributed by atoms with Crippen molar-refractivity contribution < 1.29 is 22.6 Å². The largest absolute Gasteiger partial charge is 0.497 e. The van der Waals surface area contributed by atoms with Crippen LogP contribution in [0.3, 0.4) is 0 Å². The van der Waals surface area contributed by atoms with Crippen LogP contribution in [0.5, 0.6) is 11.5 Å². The lowest BCUT2D eigenvalue weighted by Gasteiger charge is -2.35. The van der Waals surface area contributed by atoms with Gasteiger partial charge in [-0.2, -0.15) is 4.31 Å². The lowest BCUT2D eigenvalue weighted by molar-refractivity contribution is 0.142. The number of sulfonamides is 1. The first-order chi connectivity index (χ1) is 12.5. The summed E-state index contributed by atoms with van der Waals surface area (Å²) >= 11 is 5.15. The fraction of sp³-hybridized carbons (Fsp3) is 0.562. The van der Waals surface area contributed by atoms with Crippen LogP contribution in [-0.2, 0) is 14.8 Å². The number of benzene rings is 1. The maximum absolute atomic E-state index is 13.1. The summed E-state index contributed by atoms with van der Waals surface area (Å²) in [6.45, 7) is 4.12. The van der Waals surface area contributed by atoms with Gasteiger partial charge in [-0.3, -0.25) is 4.90 Å². The van der Waals surface area contributed by atoms with Gasteiger partial charge in [-0.1, -0.05) is 0 Å². The molecule has 8 nitrogen and oxygen atoms in total. The van der Waals surface area contributed by atoms with Gasteiger partial charge in [0, 0.05) is 32.2 Å². The molecule has 0 spiro atoms. The van der Waals surface area contributed by atoms with Crippen LogP contribution < -0.4 is 9.47 Å². The predicted octanol–water partition coefficient (Wildman–Crippen LogP) is 0.585. The van der Waals surface area contributed by atoms with Gasteiger partial charge in [0.2, 0.25) is 10.0 Å². The molecule has 0 saturated carbocycles. The Morgan fingerprint density at radius 1 is 1.12 bits per heavy atom. The molecule has 3 rings (SSSR count). The van der Waals surface area contributed by atoms with E-state index in [1.807, 2.05) is 4.90 Å². The smallest absolute Gasteiger partial charge is 0.260 e. The molecule has 1 aromatic rings. The Morgan fingerprint density at radius 3 is 2.42 bits per heavy atom. The van der Waals surface area contributed by atoms with Gasteiger partial charge in [-0.15, -0.1) is 0 Å². The monoisotopic (exact) mass is 401 g/mol. The first-order valence-electron chi connectivity index (χ1n) is 8.32. The van der Waals surface area contributed by atoms with E-state index >= 15 is 0 Å². The molecule has 0 amide bonds. The van der Waals surface area contributed by atoms with Crippen LogP contribution in [-0.4, -0.2) is 87.9 Å². The third-order valence-corrected chi connectivity index (χ3v) is 6.83. The molecule has 0 N–H and O–H groups in total. The van der Waals surface area contributed by atoms with Gasteiger partial charge in [0.1, 0.15) is 23.0 Å². The molecule has 2 fully saturated rings. The maximum atomic E-state index is 13.1. The SMILES string of the molecule is COc1ccc(OC)c(S(=O)(=O)N2CCN(CN3CCOC3=S)CC2)c1. The summed E-state index contributed by atoms with van der Waals surface area (Å²) in [6, 6.07) is 4.79. The van der Waals surface area contributed by atoms with Crippen molar-refractivity contribution in [1.82, 2.24) is 14.1 Å². The van der Waals surface area contributed by atoms with Crippen molar-refractivity contribution in [3.8, 4) is 11.5 Å². The molecule has 0 atom stereocenters. The van der Waals surface area contributed by atoms with E-state index < -0.39 is 10.0 Å².